The molecule has 0 aromatic heterocycles. The fourth-order valence-corrected chi connectivity index (χ4v) is 3.96. The second-order valence-electron chi connectivity index (χ2n) is 6.52. The van der Waals surface area contributed by atoms with Crippen LogP contribution in [0.25, 0.3) is 0 Å². The molecule has 1 N–H and O–H groups in total. The third-order valence-corrected chi connectivity index (χ3v) is 5.48. The van der Waals surface area contributed by atoms with Gasteiger partial charge >= 0.3 is 0 Å². The molecule has 0 spiro atoms. The first-order chi connectivity index (χ1) is 13.2. The van der Waals surface area contributed by atoms with Crippen LogP contribution in [-0.2, 0) is 0 Å². The minimum atomic E-state index is 0.0766. The summed E-state index contributed by atoms with van der Waals surface area (Å²) in [5.74, 6) is 2.03. The molecule has 1 fully saturated rings. The summed E-state index contributed by atoms with van der Waals surface area (Å²) in [4.78, 5) is 2.51. The number of halogens is 1. The molecule has 0 radical (unpaired) electrons. The highest BCUT2D eigenvalue weighted by atomic mass is 79.9. The molecule has 0 aliphatic carbocycles. The first-order valence-corrected chi connectivity index (χ1v) is 9.98. The highest BCUT2D eigenvalue weighted by Gasteiger charge is 2.28. The van der Waals surface area contributed by atoms with E-state index in [9.17, 15) is 0 Å². The van der Waals surface area contributed by atoms with Gasteiger partial charge in [0.15, 0.2) is 11.5 Å². The number of hydrogen-bond acceptors (Lipinski definition) is 5. The van der Waals surface area contributed by atoms with Crippen molar-refractivity contribution >= 4 is 15.9 Å². The van der Waals surface area contributed by atoms with Gasteiger partial charge in [0.25, 0.3) is 0 Å². The molecule has 0 bridgehead atoms. The normalized spacial score (nSPS) is 16.4. The summed E-state index contributed by atoms with van der Waals surface area (Å²) in [5, 5.41) is 3.49. The minimum absolute atomic E-state index is 0.0766. The van der Waals surface area contributed by atoms with E-state index in [-0.39, 0.29) is 6.04 Å². The smallest absolute Gasteiger partial charge is 0.203 e. The lowest BCUT2D eigenvalue weighted by molar-refractivity contribution is 0.233. The van der Waals surface area contributed by atoms with Gasteiger partial charge in [-0.15, -0.1) is 0 Å². The summed E-state index contributed by atoms with van der Waals surface area (Å²) in [6, 6.07) is 12.6. The lowest BCUT2D eigenvalue weighted by Gasteiger charge is -2.32. The number of rotatable bonds is 6. The van der Waals surface area contributed by atoms with E-state index in [4.69, 9.17) is 14.2 Å². The first kappa shape index (κ1) is 20.0. The van der Waals surface area contributed by atoms with Gasteiger partial charge in [-0.2, -0.15) is 0 Å². The predicted molar refractivity (Wildman–Crippen MR) is 111 cm³/mol. The Morgan fingerprint density at radius 3 is 2.30 bits per heavy atom. The zero-order valence-corrected chi connectivity index (χ0v) is 17.7. The largest absolute Gasteiger partial charge is 0.493 e. The Balaban J connectivity index is 2.13. The van der Waals surface area contributed by atoms with Crippen molar-refractivity contribution in [3.8, 4) is 17.2 Å². The fourth-order valence-electron chi connectivity index (χ4n) is 3.70. The average molecular weight is 435 g/mol. The van der Waals surface area contributed by atoms with E-state index in [1.807, 2.05) is 6.07 Å². The number of hydrogen-bond donors (Lipinski definition) is 1. The lowest BCUT2D eigenvalue weighted by atomic mass is 9.95. The summed E-state index contributed by atoms with van der Waals surface area (Å²) in [7, 11) is 4.97. The number of nitrogens with zero attached hydrogens (tertiary/aromatic N) is 1. The Bertz CT molecular complexity index is 744. The number of methoxy groups -OCH3 is 3. The predicted octanol–water partition coefficient (Wildman–Crippen LogP) is 3.86. The van der Waals surface area contributed by atoms with Crippen molar-refractivity contribution in [2.24, 2.45) is 0 Å². The van der Waals surface area contributed by atoms with Gasteiger partial charge in [-0.25, -0.2) is 0 Å². The van der Waals surface area contributed by atoms with Crippen molar-refractivity contribution in [1.29, 1.82) is 0 Å². The van der Waals surface area contributed by atoms with Crippen LogP contribution < -0.4 is 19.5 Å². The van der Waals surface area contributed by atoms with Crippen LogP contribution in [0.1, 0.15) is 23.6 Å². The van der Waals surface area contributed by atoms with Gasteiger partial charge in [0.2, 0.25) is 5.75 Å². The van der Waals surface area contributed by atoms with Gasteiger partial charge in [-0.3, -0.25) is 4.90 Å². The molecule has 6 heteroatoms. The van der Waals surface area contributed by atoms with E-state index in [0.717, 1.165) is 48.4 Å². The molecule has 1 aliphatic heterocycles. The zero-order valence-electron chi connectivity index (χ0n) is 16.1. The maximum atomic E-state index is 5.80. The van der Waals surface area contributed by atoms with Crippen molar-refractivity contribution in [2.45, 2.75) is 12.5 Å². The second-order valence-corrected chi connectivity index (χ2v) is 7.43. The van der Waals surface area contributed by atoms with E-state index in [1.165, 1.54) is 5.56 Å². The quantitative estimate of drug-likeness (QED) is 0.747. The van der Waals surface area contributed by atoms with E-state index >= 15 is 0 Å². The van der Waals surface area contributed by atoms with Crippen LogP contribution in [0.3, 0.4) is 0 Å². The average Bonchev–Trinajstić information content (AvgIpc) is 2.98. The molecular formula is C21H27BrN2O3. The Hall–Kier alpha value is -1.76. The Labute approximate surface area is 169 Å². The number of ether oxygens (including phenoxy) is 3. The van der Waals surface area contributed by atoms with Gasteiger partial charge in [-0.1, -0.05) is 28.1 Å². The van der Waals surface area contributed by atoms with Crippen LogP contribution in [0.4, 0.5) is 0 Å². The molecule has 0 amide bonds. The molecule has 1 heterocycles. The minimum Gasteiger partial charge on any atom is -0.493 e. The maximum absolute atomic E-state index is 5.80. The van der Waals surface area contributed by atoms with Crippen LogP contribution in [0.2, 0.25) is 0 Å². The van der Waals surface area contributed by atoms with Crippen molar-refractivity contribution in [2.75, 3.05) is 47.5 Å². The monoisotopic (exact) mass is 434 g/mol. The van der Waals surface area contributed by atoms with Crippen LogP contribution in [-0.4, -0.2) is 52.4 Å². The van der Waals surface area contributed by atoms with Crippen LogP contribution in [0, 0.1) is 0 Å². The van der Waals surface area contributed by atoms with Crippen LogP contribution >= 0.6 is 15.9 Å². The van der Waals surface area contributed by atoms with E-state index in [1.54, 1.807) is 21.3 Å². The zero-order chi connectivity index (χ0) is 19.2. The molecule has 3 rings (SSSR count). The molecule has 1 saturated heterocycles. The third kappa shape index (κ3) is 4.39. The summed E-state index contributed by atoms with van der Waals surface area (Å²) < 4.78 is 18.0. The Morgan fingerprint density at radius 1 is 0.889 bits per heavy atom. The number of benzene rings is 2. The molecule has 27 heavy (non-hydrogen) atoms. The van der Waals surface area contributed by atoms with Crippen molar-refractivity contribution in [1.82, 2.24) is 10.2 Å². The molecule has 1 aliphatic rings. The van der Waals surface area contributed by atoms with E-state index < -0.39 is 0 Å². The summed E-state index contributed by atoms with van der Waals surface area (Å²) >= 11 is 3.54. The fraction of sp³-hybridized carbons (Fsp3) is 0.429. The van der Waals surface area contributed by atoms with Crippen LogP contribution in [0.15, 0.2) is 40.9 Å². The standard InChI is InChI=1S/C21H27BrN2O3/c1-25-18-10-9-17(20(26-2)21(18)27-3)19(15-5-7-16(22)8-6-15)24-13-4-11-23-12-14-24/h5-10,19,23H,4,11-14H2,1-3H3. The molecule has 2 aromatic rings. The van der Waals surface area contributed by atoms with Gasteiger partial charge in [-0.05, 0) is 42.8 Å². The summed E-state index contributed by atoms with van der Waals surface area (Å²) in [6.07, 6.45) is 1.11. The van der Waals surface area contributed by atoms with E-state index in [0.29, 0.717) is 11.5 Å². The van der Waals surface area contributed by atoms with Gasteiger partial charge < -0.3 is 19.5 Å². The maximum Gasteiger partial charge on any atom is 0.203 e. The molecule has 5 nitrogen and oxygen atoms in total. The third-order valence-electron chi connectivity index (χ3n) is 4.95. The SMILES string of the molecule is COc1ccc(C(c2ccc(Br)cc2)N2CCCNCC2)c(OC)c1OC. The Morgan fingerprint density at radius 2 is 1.63 bits per heavy atom. The number of nitrogens with one attached hydrogen (secondary N) is 1. The van der Waals surface area contributed by atoms with Crippen molar-refractivity contribution in [3.05, 3.63) is 52.0 Å². The van der Waals surface area contributed by atoms with Crippen LogP contribution in [0.5, 0.6) is 17.2 Å². The summed E-state index contributed by atoms with van der Waals surface area (Å²) in [6.45, 7) is 4.01. The molecule has 0 saturated carbocycles. The highest BCUT2D eigenvalue weighted by molar-refractivity contribution is 9.10. The Kier molecular flexibility index (Phi) is 6.99. The second kappa shape index (κ2) is 9.44. The van der Waals surface area contributed by atoms with Crippen molar-refractivity contribution < 1.29 is 14.2 Å². The molecule has 1 atom stereocenters. The topological polar surface area (TPSA) is 43.0 Å². The van der Waals surface area contributed by atoms with E-state index in [2.05, 4.69) is 56.5 Å². The van der Waals surface area contributed by atoms with Gasteiger partial charge in [0, 0.05) is 29.7 Å². The van der Waals surface area contributed by atoms with Gasteiger partial charge in [0.1, 0.15) is 0 Å². The van der Waals surface area contributed by atoms with Crippen molar-refractivity contribution in [3.63, 3.8) is 0 Å². The summed E-state index contributed by atoms with van der Waals surface area (Å²) in [5.41, 5.74) is 2.31. The first-order valence-electron chi connectivity index (χ1n) is 9.18. The van der Waals surface area contributed by atoms with Gasteiger partial charge in [0.05, 0.1) is 27.4 Å². The molecular weight excluding hydrogens is 408 g/mol. The molecule has 146 valence electrons. The highest BCUT2D eigenvalue weighted by Crippen LogP contribution is 2.45. The lowest BCUT2D eigenvalue weighted by Crippen LogP contribution is -2.33. The molecule has 2 aromatic carbocycles. The molecule has 1 unspecified atom stereocenters.